The summed E-state index contributed by atoms with van der Waals surface area (Å²) in [6.45, 7) is 2.54. The molecule has 2 aromatic heterocycles. The van der Waals surface area contributed by atoms with Crippen LogP contribution in [0.15, 0.2) is 24.7 Å². The van der Waals surface area contributed by atoms with Gasteiger partial charge in [-0.3, -0.25) is 0 Å². The van der Waals surface area contributed by atoms with Gasteiger partial charge < -0.3 is 10.4 Å². The van der Waals surface area contributed by atoms with E-state index >= 15 is 0 Å². The maximum absolute atomic E-state index is 9.66. The molecule has 0 aliphatic heterocycles. The number of pyridine rings is 1. The van der Waals surface area contributed by atoms with E-state index < -0.39 is 0 Å². The van der Waals surface area contributed by atoms with E-state index in [0.717, 1.165) is 24.0 Å². The lowest BCUT2D eigenvalue weighted by Crippen LogP contribution is -2.19. The lowest BCUT2D eigenvalue weighted by atomic mass is 10.2. The summed E-state index contributed by atoms with van der Waals surface area (Å²) < 4.78 is 0. The molecule has 0 amide bonds. The number of hydrogen-bond donors (Lipinski definition) is 2. The number of nitrogens with zero attached hydrogens (tertiary/aromatic N) is 3. The third kappa shape index (κ3) is 2.88. The largest absolute Gasteiger partial charge is 0.391 e. The number of nitrogens with one attached hydrogen (secondary N) is 1. The molecule has 0 aliphatic rings. The Morgan fingerprint density at radius 1 is 1.35 bits per heavy atom. The second-order valence-corrected chi connectivity index (χ2v) is 3.92. The van der Waals surface area contributed by atoms with Crippen molar-refractivity contribution in [2.45, 2.75) is 25.9 Å². The van der Waals surface area contributed by atoms with Crippen LogP contribution >= 0.6 is 0 Å². The van der Waals surface area contributed by atoms with Crippen LogP contribution in [0.1, 0.15) is 19.8 Å². The Morgan fingerprint density at radius 3 is 3.06 bits per heavy atom. The Labute approximate surface area is 99.9 Å². The first-order valence-electron chi connectivity index (χ1n) is 5.79. The fourth-order valence-corrected chi connectivity index (χ4v) is 1.69. The summed E-state index contributed by atoms with van der Waals surface area (Å²) in [5.74, 6) is 0.721. The van der Waals surface area contributed by atoms with E-state index in [0.29, 0.717) is 12.2 Å². The minimum absolute atomic E-state index is 0.346. The van der Waals surface area contributed by atoms with E-state index in [9.17, 15) is 5.11 Å². The molecule has 0 saturated carbocycles. The molecule has 90 valence electrons. The van der Waals surface area contributed by atoms with Crippen LogP contribution in [-0.2, 0) is 0 Å². The van der Waals surface area contributed by atoms with Crippen molar-refractivity contribution in [2.75, 3.05) is 11.9 Å². The highest BCUT2D eigenvalue weighted by molar-refractivity contribution is 5.85. The molecule has 2 rings (SSSR count). The fraction of sp³-hybridized carbons (Fsp3) is 0.417. The molecule has 0 aliphatic carbocycles. The first-order valence-corrected chi connectivity index (χ1v) is 5.79. The van der Waals surface area contributed by atoms with Gasteiger partial charge in [0.05, 0.1) is 11.5 Å². The Bertz CT molecular complexity index is 483. The van der Waals surface area contributed by atoms with Crippen molar-refractivity contribution in [3.05, 3.63) is 24.7 Å². The highest BCUT2D eigenvalue weighted by Crippen LogP contribution is 2.16. The average molecular weight is 232 g/mol. The van der Waals surface area contributed by atoms with Gasteiger partial charge in [-0.05, 0) is 18.6 Å². The highest BCUT2D eigenvalue weighted by atomic mass is 16.3. The molecule has 2 heterocycles. The smallest absolute Gasteiger partial charge is 0.164 e. The molecule has 2 N–H and O–H groups in total. The van der Waals surface area contributed by atoms with Gasteiger partial charge in [0, 0.05) is 12.7 Å². The minimum Gasteiger partial charge on any atom is -0.391 e. The summed E-state index contributed by atoms with van der Waals surface area (Å²) >= 11 is 0. The van der Waals surface area contributed by atoms with Crippen LogP contribution in [0.2, 0.25) is 0 Å². The summed E-state index contributed by atoms with van der Waals surface area (Å²) in [6.07, 6.45) is 4.58. The Balaban J connectivity index is 2.13. The fourth-order valence-electron chi connectivity index (χ4n) is 1.69. The molecule has 17 heavy (non-hydrogen) atoms. The Hall–Kier alpha value is -1.75. The van der Waals surface area contributed by atoms with Crippen LogP contribution in [0.5, 0.6) is 0 Å². The summed E-state index contributed by atoms with van der Waals surface area (Å²) in [4.78, 5) is 12.4. The summed E-state index contributed by atoms with van der Waals surface area (Å²) in [5.41, 5.74) is 0.662. The van der Waals surface area contributed by atoms with Gasteiger partial charge >= 0.3 is 0 Å². The molecule has 1 atom stereocenters. The van der Waals surface area contributed by atoms with E-state index in [4.69, 9.17) is 0 Å². The lowest BCUT2D eigenvalue weighted by Gasteiger charge is -2.11. The van der Waals surface area contributed by atoms with E-state index in [1.165, 1.54) is 6.33 Å². The van der Waals surface area contributed by atoms with Gasteiger partial charge in [-0.25, -0.2) is 15.0 Å². The molecule has 5 heteroatoms. The number of anilines is 1. The maximum atomic E-state index is 9.66. The van der Waals surface area contributed by atoms with Crippen LogP contribution in [0.3, 0.4) is 0 Å². The average Bonchev–Trinajstić information content (AvgIpc) is 2.36. The van der Waals surface area contributed by atoms with Gasteiger partial charge in [-0.2, -0.15) is 0 Å². The zero-order valence-electron chi connectivity index (χ0n) is 9.80. The monoisotopic (exact) mass is 232 g/mol. The van der Waals surface area contributed by atoms with Crippen molar-refractivity contribution in [3.8, 4) is 0 Å². The number of fused-ring (bicyclic) bond motifs is 1. The zero-order chi connectivity index (χ0) is 12.1. The Kier molecular flexibility index (Phi) is 3.82. The SMILES string of the molecule is CCCC(O)CNc1ncnc2ncccc12. The molecular formula is C12H16N4O. The second kappa shape index (κ2) is 5.54. The molecule has 0 bridgehead atoms. The van der Waals surface area contributed by atoms with Crippen LogP contribution in [0, 0.1) is 0 Å². The van der Waals surface area contributed by atoms with Gasteiger partial charge in [0.15, 0.2) is 5.65 Å². The molecule has 0 spiro atoms. The number of hydrogen-bond acceptors (Lipinski definition) is 5. The molecular weight excluding hydrogens is 216 g/mol. The normalized spacial score (nSPS) is 12.6. The Morgan fingerprint density at radius 2 is 2.24 bits per heavy atom. The van der Waals surface area contributed by atoms with E-state index in [-0.39, 0.29) is 6.10 Å². The predicted molar refractivity (Wildman–Crippen MR) is 66.7 cm³/mol. The van der Waals surface area contributed by atoms with Crippen molar-refractivity contribution in [3.63, 3.8) is 0 Å². The molecule has 0 aromatic carbocycles. The van der Waals surface area contributed by atoms with Crippen LogP contribution in [-0.4, -0.2) is 32.7 Å². The van der Waals surface area contributed by atoms with E-state index in [2.05, 4.69) is 20.3 Å². The first-order chi connectivity index (χ1) is 8.31. The summed E-state index contributed by atoms with van der Waals surface area (Å²) in [7, 11) is 0. The number of aliphatic hydroxyl groups excluding tert-OH is 1. The van der Waals surface area contributed by atoms with Gasteiger partial charge in [0.2, 0.25) is 0 Å². The minimum atomic E-state index is -0.346. The van der Waals surface area contributed by atoms with E-state index in [1.54, 1.807) is 6.20 Å². The third-order valence-electron chi connectivity index (χ3n) is 2.54. The lowest BCUT2D eigenvalue weighted by molar-refractivity contribution is 0.176. The second-order valence-electron chi connectivity index (χ2n) is 3.92. The summed E-state index contributed by atoms with van der Waals surface area (Å²) in [6, 6.07) is 3.76. The number of rotatable bonds is 5. The third-order valence-corrected chi connectivity index (χ3v) is 2.54. The molecule has 5 nitrogen and oxygen atoms in total. The van der Waals surface area contributed by atoms with Crippen molar-refractivity contribution in [1.29, 1.82) is 0 Å². The molecule has 2 aromatic rings. The topological polar surface area (TPSA) is 70.9 Å². The van der Waals surface area contributed by atoms with Crippen molar-refractivity contribution >= 4 is 16.9 Å². The molecule has 0 radical (unpaired) electrons. The van der Waals surface area contributed by atoms with E-state index in [1.807, 2.05) is 19.1 Å². The van der Waals surface area contributed by atoms with Gasteiger partial charge in [0.1, 0.15) is 12.1 Å². The molecule has 0 saturated heterocycles. The predicted octanol–water partition coefficient (Wildman–Crippen LogP) is 1.60. The standard InChI is InChI=1S/C12H16N4O/c1-2-4-9(17)7-14-12-10-5-3-6-13-11(10)15-8-16-12/h3,5-6,8-9,17H,2,4,7H2,1H3,(H,13,14,15,16). The molecule has 0 fully saturated rings. The number of aliphatic hydroxyl groups is 1. The van der Waals surface area contributed by atoms with Crippen molar-refractivity contribution in [1.82, 2.24) is 15.0 Å². The highest BCUT2D eigenvalue weighted by Gasteiger charge is 2.06. The first kappa shape index (κ1) is 11.7. The van der Waals surface area contributed by atoms with Crippen LogP contribution < -0.4 is 5.32 Å². The maximum Gasteiger partial charge on any atom is 0.164 e. The van der Waals surface area contributed by atoms with Crippen LogP contribution in [0.25, 0.3) is 11.0 Å². The number of aromatic nitrogens is 3. The van der Waals surface area contributed by atoms with Crippen molar-refractivity contribution < 1.29 is 5.11 Å². The zero-order valence-corrected chi connectivity index (χ0v) is 9.80. The van der Waals surface area contributed by atoms with Crippen molar-refractivity contribution in [2.24, 2.45) is 0 Å². The summed E-state index contributed by atoms with van der Waals surface area (Å²) in [5, 5.41) is 13.7. The molecule has 1 unspecified atom stereocenters. The van der Waals surface area contributed by atoms with Gasteiger partial charge in [0.25, 0.3) is 0 Å². The van der Waals surface area contributed by atoms with Crippen LogP contribution in [0.4, 0.5) is 5.82 Å². The van der Waals surface area contributed by atoms with Gasteiger partial charge in [-0.1, -0.05) is 13.3 Å². The quantitative estimate of drug-likeness (QED) is 0.819. The van der Waals surface area contributed by atoms with Gasteiger partial charge in [-0.15, -0.1) is 0 Å².